The molecule has 0 heterocycles. The van der Waals surface area contributed by atoms with Crippen molar-refractivity contribution in [2.45, 2.75) is 201 Å². The van der Waals surface area contributed by atoms with Crippen LogP contribution >= 0.6 is 0 Å². The highest BCUT2D eigenvalue weighted by molar-refractivity contribution is 5.72. The SMILES string of the molecule is O=C(OCC1CCCCC1)C1CCC(OC2C(F)C(F)C(C3C(F)C(F)C(OC4CCC([N+](=O)[O-])C(OC5CCCCC5)C4)C(F)C3F)C(F)C2F)CC1. The molecule has 6 rings (SSSR count). The number of nitrogens with zero attached hydrogens (tertiary/aromatic N) is 1. The Kier molecular flexibility index (Phi) is 14.4. The number of alkyl halides is 8. The molecular weight excluding hydrogens is 734 g/mol. The smallest absolute Gasteiger partial charge is 0.308 e. The second kappa shape index (κ2) is 18.6. The lowest BCUT2D eigenvalue weighted by atomic mass is 9.66. The van der Waals surface area contributed by atoms with Crippen LogP contribution in [0, 0.1) is 33.8 Å². The molecule has 0 saturated heterocycles. The van der Waals surface area contributed by atoms with Crippen LogP contribution < -0.4 is 0 Å². The highest BCUT2D eigenvalue weighted by atomic mass is 19.2. The minimum Gasteiger partial charge on any atom is -0.465 e. The standard InChI is InChI=1S/C38H55F8NO7/c39-28-26(29(40)33(44)36(32(28)43)53-22-13-11-20(12-14-22)38(48)51-18-19-7-3-1-4-8-19)27-30(41)34(45)37(35(46)31(27)42)54-23-15-16-24(47(49)50)25(17-23)52-21-9-5-2-6-10-21/h19-37H,1-18H2. The molecule has 6 fully saturated rings. The van der Waals surface area contributed by atoms with Crippen molar-refractivity contribution in [1.82, 2.24) is 0 Å². The van der Waals surface area contributed by atoms with Gasteiger partial charge in [0, 0.05) is 29.6 Å². The molecule has 6 aliphatic rings. The molecule has 11 atom stereocenters. The van der Waals surface area contributed by atoms with E-state index in [2.05, 4.69) is 0 Å². The molecule has 0 bridgehead atoms. The fraction of sp³-hybridized carbons (Fsp3) is 0.974. The Morgan fingerprint density at radius 1 is 0.537 bits per heavy atom. The molecule has 0 aliphatic heterocycles. The van der Waals surface area contributed by atoms with Gasteiger partial charge in [-0.25, -0.2) is 35.1 Å². The zero-order chi connectivity index (χ0) is 38.7. The van der Waals surface area contributed by atoms with Crippen LogP contribution in [0.2, 0.25) is 0 Å². The number of carbonyl (C=O) groups excluding carboxylic acids is 1. The van der Waals surface area contributed by atoms with Crippen molar-refractivity contribution in [3.8, 4) is 0 Å². The van der Waals surface area contributed by atoms with E-state index in [1.54, 1.807) is 0 Å². The number of rotatable bonds is 11. The molecule has 310 valence electrons. The number of esters is 1. The van der Waals surface area contributed by atoms with E-state index in [0.29, 0.717) is 25.4 Å². The first kappa shape index (κ1) is 41.8. The maximum Gasteiger partial charge on any atom is 0.308 e. The summed E-state index contributed by atoms with van der Waals surface area (Å²) in [6.07, 6.45) is -21.6. The first-order valence-electron chi connectivity index (χ1n) is 20.2. The molecule has 6 saturated carbocycles. The summed E-state index contributed by atoms with van der Waals surface area (Å²) in [5.41, 5.74) is 0. The van der Waals surface area contributed by atoms with Crippen LogP contribution in [-0.2, 0) is 23.7 Å². The normalized spacial score (nSPS) is 45.8. The van der Waals surface area contributed by atoms with Gasteiger partial charge >= 0.3 is 5.97 Å². The van der Waals surface area contributed by atoms with E-state index < -0.39 is 109 Å². The lowest BCUT2D eigenvalue weighted by Gasteiger charge is -2.49. The third kappa shape index (κ3) is 9.31. The quantitative estimate of drug-likeness (QED) is 0.0900. The number of hydrogen-bond donors (Lipinski definition) is 0. The zero-order valence-corrected chi connectivity index (χ0v) is 30.5. The minimum absolute atomic E-state index is 0.0498. The Morgan fingerprint density at radius 2 is 0.981 bits per heavy atom. The maximum atomic E-state index is 15.7. The van der Waals surface area contributed by atoms with Crippen LogP contribution in [0.3, 0.4) is 0 Å². The number of nitro groups is 1. The van der Waals surface area contributed by atoms with E-state index in [-0.39, 0.29) is 57.0 Å². The second-order valence-electron chi connectivity index (χ2n) is 16.7. The van der Waals surface area contributed by atoms with Gasteiger partial charge in [-0.2, -0.15) is 0 Å². The molecule has 8 nitrogen and oxygen atoms in total. The Labute approximate surface area is 311 Å². The predicted molar refractivity (Wildman–Crippen MR) is 179 cm³/mol. The van der Waals surface area contributed by atoms with Gasteiger partial charge in [0.05, 0.1) is 30.8 Å². The monoisotopic (exact) mass is 789 g/mol. The molecule has 0 aromatic heterocycles. The fourth-order valence-electron chi connectivity index (χ4n) is 10.0. The lowest BCUT2D eigenvalue weighted by Crippen LogP contribution is -2.65. The van der Waals surface area contributed by atoms with Gasteiger partial charge in [-0.1, -0.05) is 38.5 Å². The molecule has 0 N–H and O–H groups in total. The van der Waals surface area contributed by atoms with Crippen LogP contribution in [0.15, 0.2) is 0 Å². The van der Waals surface area contributed by atoms with E-state index in [1.165, 1.54) is 0 Å². The van der Waals surface area contributed by atoms with Crippen LogP contribution in [-0.4, -0.2) is 110 Å². The van der Waals surface area contributed by atoms with E-state index >= 15 is 35.1 Å². The minimum atomic E-state index is -3.08. The maximum absolute atomic E-state index is 15.7. The Bertz CT molecular complexity index is 1190. The van der Waals surface area contributed by atoms with Crippen molar-refractivity contribution < 1.29 is 63.8 Å². The van der Waals surface area contributed by atoms with Crippen molar-refractivity contribution in [2.75, 3.05) is 6.61 Å². The zero-order valence-electron chi connectivity index (χ0n) is 30.5. The number of halogens is 8. The average Bonchev–Trinajstić information content (AvgIpc) is 3.18. The Hall–Kier alpha value is -1.81. The van der Waals surface area contributed by atoms with E-state index in [4.69, 9.17) is 18.9 Å². The highest BCUT2D eigenvalue weighted by Crippen LogP contribution is 2.49. The first-order valence-corrected chi connectivity index (χ1v) is 20.2. The summed E-state index contributed by atoms with van der Waals surface area (Å²) >= 11 is 0. The molecule has 0 aromatic carbocycles. The van der Waals surface area contributed by atoms with Gasteiger partial charge in [0.2, 0.25) is 6.04 Å². The average molecular weight is 790 g/mol. The number of ether oxygens (including phenoxy) is 4. The van der Waals surface area contributed by atoms with Gasteiger partial charge in [0.15, 0.2) is 24.7 Å². The molecule has 0 amide bonds. The summed E-state index contributed by atoms with van der Waals surface area (Å²) in [6, 6.07) is -1.10. The van der Waals surface area contributed by atoms with Crippen molar-refractivity contribution >= 4 is 5.97 Å². The summed E-state index contributed by atoms with van der Waals surface area (Å²) < 4.78 is 148. The Balaban J connectivity index is 1.03. The van der Waals surface area contributed by atoms with Crippen molar-refractivity contribution in [2.24, 2.45) is 23.7 Å². The molecular formula is C38H55F8NO7. The topological polar surface area (TPSA) is 97.1 Å². The van der Waals surface area contributed by atoms with E-state index in [9.17, 15) is 14.9 Å². The van der Waals surface area contributed by atoms with Crippen LogP contribution in [0.1, 0.15) is 109 Å². The highest BCUT2D eigenvalue weighted by Gasteiger charge is 2.64. The van der Waals surface area contributed by atoms with Crippen LogP contribution in [0.4, 0.5) is 35.1 Å². The molecule has 16 heteroatoms. The van der Waals surface area contributed by atoms with Gasteiger partial charge in [-0.15, -0.1) is 0 Å². The fourth-order valence-corrected chi connectivity index (χ4v) is 10.0. The van der Waals surface area contributed by atoms with E-state index in [0.717, 1.165) is 51.4 Å². The third-order valence-electron chi connectivity index (χ3n) is 13.2. The summed E-state index contributed by atoms with van der Waals surface area (Å²) in [5.74, 6) is -5.90. The Morgan fingerprint density at radius 3 is 1.48 bits per heavy atom. The van der Waals surface area contributed by atoms with Gasteiger partial charge in [-0.3, -0.25) is 14.9 Å². The molecule has 54 heavy (non-hydrogen) atoms. The molecule has 0 aromatic rings. The molecule has 0 radical (unpaired) electrons. The van der Waals surface area contributed by atoms with Gasteiger partial charge in [0.1, 0.15) is 43.0 Å². The van der Waals surface area contributed by atoms with E-state index in [1.807, 2.05) is 0 Å². The van der Waals surface area contributed by atoms with Gasteiger partial charge < -0.3 is 18.9 Å². The van der Waals surface area contributed by atoms with Gasteiger partial charge in [-0.05, 0) is 63.7 Å². The van der Waals surface area contributed by atoms with Crippen molar-refractivity contribution in [1.29, 1.82) is 0 Å². The molecule has 6 aliphatic carbocycles. The lowest BCUT2D eigenvalue weighted by molar-refractivity contribution is -0.541. The largest absolute Gasteiger partial charge is 0.465 e. The number of hydrogen-bond acceptors (Lipinski definition) is 7. The van der Waals surface area contributed by atoms with Crippen molar-refractivity contribution in [3.63, 3.8) is 0 Å². The van der Waals surface area contributed by atoms with Crippen molar-refractivity contribution in [3.05, 3.63) is 10.1 Å². The third-order valence-corrected chi connectivity index (χ3v) is 13.2. The molecule has 11 unspecified atom stereocenters. The number of carbonyl (C=O) groups is 1. The van der Waals surface area contributed by atoms with Gasteiger partial charge in [0.25, 0.3) is 0 Å². The summed E-state index contributed by atoms with van der Waals surface area (Å²) in [4.78, 5) is 23.9. The summed E-state index contributed by atoms with van der Waals surface area (Å²) in [7, 11) is 0. The first-order chi connectivity index (χ1) is 25.8. The summed E-state index contributed by atoms with van der Waals surface area (Å²) in [6.45, 7) is 0.338. The second-order valence-corrected chi connectivity index (χ2v) is 16.7. The molecule has 0 spiro atoms. The van der Waals surface area contributed by atoms with Crippen LogP contribution in [0.25, 0.3) is 0 Å². The summed E-state index contributed by atoms with van der Waals surface area (Å²) in [5, 5.41) is 11.7. The van der Waals surface area contributed by atoms with Crippen LogP contribution in [0.5, 0.6) is 0 Å². The predicted octanol–water partition coefficient (Wildman–Crippen LogP) is 8.32.